The molecular formula is C27H36O4. The van der Waals surface area contributed by atoms with E-state index in [9.17, 15) is 10.2 Å². The second kappa shape index (κ2) is 8.57. The van der Waals surface area contributed by atoms with Crippen LogP contribution in [-0.2, 0) is 17.4 Å². The summed E-state index contributed by atoms with van der Waals surface area (Å²) in [6.07, 6.45) is 5.60. The number of fused-ring (bicyclic) bond motifs is 3. The Labute approximate surface area is 185 Å². The number of aliphatic hydroxyl groups is 3. The molecule has 2 aliphatic rings. The SMILES string of the molecule is CCC12CC(C)(O)C(O)(c3ccccc3)CC1CCc1cc(OCCCCO)ccc12. The zero-order chi connectivity index (χ0) is 22.1. The summed E-state index contributed by atoms with van der Waals surface area (Å²) in [5.74, 6) is 1.19. The Morgan fingerprint density at radius 1 is 1.06 bits per heavy atom. The van der Waals surface area contributed by atoms with E-state index >= 15 is 0 Å². The van der Waals surface area contributed by atoms with E-state index in [0.29, 0.717) is 25.4 Å². The molecule has 2 aromatic rings. The maximum Gasteiger partial charge on any atom is 0.119 e. The number of ether oxygens (including phenoxy) is 1. The van der Waals surface area contributed by atoms with E-state index in [4.69, 9.17) is 9.84 Å². The highest BCUT2D eigenvalue weighted by molar-refractivity contribution is 5.45. The highest BCUT2D eigenvalue weighted by Crippen LogP contribution is 2.60. The third-order valence-corrected chi connectivity index (χ3v) is 7.95. The minimum atomic E-state index is -1.25. The number of unbranched alkanes of at least 4 members (excludes halogenated alkanes) is 1. The van der Waals surface area contributed by atoms with Gasteiger partial charge < -0.3 is 20.1 Å². The van der Waals surface area contributed by atoms with Crippen molar-refractivity contribution in [3.63, 3.8) is 0 Å². The first-order valence-corrected chi connectivity index (χ1v) is 11.7. The smallest absolute Gasteiger partial charge is 0.119 e. The fraction of sp³-hybridized carbons (Fsp3) is 0.556. The van der Waals surface area contributed by atoms with Gasteiger partial charge in [-0.25, -0.2) is 0 Å². The van der Waals surface area contributed by atoms with Crippen LogP contribution in [0.1, 0.15) is 69.1 Å². The molecule has 4 atom stereocenters. The van der Waals surface area contributed by atoms with Crippen LogP contribution in [0.15, 0.2) is 48.5 Å². The van der Waals surface area contributed by atoms with Crippen LogP contribution in [0.2, 0.25) is 0 Å². The number of aliphatic hydroxyl groups excluding tert-OH is 1. The predicted octanol–water partition coefficient (Wildman–Crippen LogP) is 4.48. The summed E-state index contributed by atoms with van der Waals surface area (Å²) in [5, 5.41) is 32.3. The van der Waals surface area contributed by atoms with Crippen molar-refractivity contribution in [2.24, 2.45) is 5.92 Å². The van der Waals surface area contributed by atoms with Gasteiger partial charge in [0.1, 0.15) is 11.4 Å². The van der Waals surface area contributed by atoms with Gasteiger partial charge in [-0.15, -0.1) is 0 Å². The van der Waals surface area contributed by atoms with Gasteiger partial charge in [-0.1, -0.05) is 43.3 Å². The Morgan fingerprint density at radius 2 is 1.84 bits per heavy atom. The Bertz CT molecular complexity index is 893. The summed E-state index contributed by atoms with van der Waals surface area (Å²) < 4.78 is 5.91. The monoisotopic (exact) mass is 424 g/mol. The number of hydrogen-bond donors (Lipinski definition) is 3. The molecule has 0 aliphatic heterocycles. The molecular weight excluding hydrogens is 388 g/mol. The molecule has 1 fully saturated rings. The van der Waals surface area contributed by atoms with Crippen LogP contribution < -0.4 is 4.74 Å². The molecule has 0 amide bonds. The molecule has 0 radical (unpaired) electrons. The quantitative estimate of drug-likeness (QED) is 0.573. The molecule has 0 heterocycles. The molecule has 4 nitrogen and oxygen atoms in total. The molecule has 2 aliphatic carbocycles. The normalized spacial score (nSPS) is 32.2. The van der Waals surface area contributed by atoms with E-state index in [2.05, 4.69) is 19.1 Å². The van der Waals surface area contributed by atoms with Gasteiger partial charge in [0.05, 0.1) is 12.2 Å². The summed E-state index contributed by atoms with van der Waals surface area (Å²) in [4.78, 5) is 0. The molecule has 4 heteroatoms. The maximum atomic E-state index is 11.8. The van der Waals surface area contributed by atoms with Gasteiger partial charge in [0.15, 0.2) is 0 Å². The lowest BCUT2D eigenvalue weighted by Crippen LogP contribution is -2.62. The van der Waals surface area contributed by atoms with Crippen LogP contribution in [0.3, 0.4) is 0 Å². The van der Waals surface area contributed by atoms with E-state index in [1.54, 1.807) is 6.92 Å². The lowest BCUT2D eigenvalue weighted by molar-refractivity contribution is -0.205. The van der Waals surface area contributed by atoms with Crippen molar-refractivity contribution in [1.82, 2.24) is 0 Å². The average Bonchev–Trinajstić information content (AvgIpc) is 2.78. The minimum Gasteiger partial charge on any atom is -0.494 e. The van der Waals surface area contributed by atoms with Crippen molar-refractivity contribution >= 4 is 0 Å². The summed E-state index contributed by atoms with van der Waals surface area (Å²) in [5.41, 5.74) is 0.804. The van der Waals surface area contributed by atoms with Gasteiger partial charge >= 0.3 is 0 Å². The first kappa shape index (κ1) is 22.3. The largest absolute Gasteiger partial charge is 0.494 e. The third-order valence-electron chi connectivity index (χ3n) is 7.95. The van der Waals surface area contributed by atoms with Gasteiger partial charge in [0.2, 0.25) is 0 Å². The van der Waals surface area contributed by atoms with Crippen molar-refractivity contribution in [3.8, 4) is 5.75 Å². The molecule has 4 unspecified atom stereocenters. The summed E-state index contributed by atoms with van der Waals surface area (Å²) in [6, 6.07) is 16.1. The van der Waals surface area contributed by atoms with Crippen molar-refractivity contribution in [1.29, 1.82) is 0 Å². The van der Waals surface area contributed by atoms with E-state index in [1.807, 2.05) is 36.4 Å². The summed E-state index contributed by atoms with van der Waals surface area (Å²) >= 11 is 0. The van der Waals surface area contributed by atoms with Crippen molar-refractivity contribution in [3.05, 3.63) is 65.2 Å². The van der Waals surface area contributed by atoms with Crippen LogP contribution >= 0.6 is 0 Å². The summed E-state index contributed by atoms with van der Waals surface area (Å²) in [7, 11) is 0. The van der Waals surface area contributed by atoms with Gasteiger partial charge in [0, 0.05) is 12.0 Å². The second-order valence-electron chi connectivity index (χ2n) is 9.72. The first-order chi connectivity index (χ1) is 14.9. The van der Waals surface area contributed by atoms with Crippen LogP contribution in [0, 0.1) is 5.92 Å². The predicted molar refractivity (Wildman–Crippen MR) is 122 cm³/mol. The molecule has 4 rings (SSSR count). The van der Waals surface area contributed by atoms with Crippen LogP contribution in [0.4, 0.5) is 0 Å². The molecule has 0 spiro atoms. The number of benzene rings is 2. The lowest BCUT2D eigenvalue weighted by Gasteiger charge is -2.59. The van der Waals surface area contributed by atoms with Gasteiger partial charge in [-0.2, -0.15) is 0 Å². The second-order valence-corrected chi connectivity index (χ2v) is 9.72. The van der Waals surface area contributed by atoms with Gasteiger partial charge in [0.25, 0.3) is 0 Å². The zero-order valence-corrected chi connectivity index (χ0v) is 18.8. The van der Waals surface area contributed by atoms with Crippen LogP contribution in [-0.4, -0.2) is 34.1 Å². The standard InChI is InChI=1S/C27H36O4/c1-3-26-19-25(2,29)27(30,21-9-5-4-6-10-21)18-22(26)12-11-20-17-23(13-14-24(20)26)31-16-8-7-15-28/h4-6,9-10,13-14,17,22,28-30H,3,7-8,11-12,15-16,18-19H2,1-2H3. The molecule has 0 saturated heterocycles. The fourth-order valence-electron chi connectivity index (χ4n) is 6.20. The van der Waals surface area contributed by atoms with E-state index in [0.717, 1.165) is 43.4 Å². The highest BCUT2D eigenvalue weighted by Gasteiger charge is 2.60. The van der Waals surface area contributed by atoms with E-state index in [1.165, 1.54) is 11.1 Å². The maximum absolute atomic E-state index is 11.8. The average molecular weight is 425 g/mol. The number of hydrogen-bond acceptors (Lipinski definition) is 4. The van der Waals surface area contributed by atoms with Crippen molar-refractivity contribution in [2.45, 2.75) is 75.4 Å². The molecule has 3 N–H and O–H groups in total. The molecule has 0 aromatic heterocycles. The molecule has 0 bridgehead atoms. The Balaban J connectivity index is 1.65. The van der Waals surface area contributed by atoms with Gasteiger partial charge in [-0.3, -0.25) is 0 Å². The summed E-state index contributed by atoms with van der Waals surface area (Å²) in [6.45, 7) is 4.83. The third kappa shape index (κ3) is 3.79. The van der Waals surface area contributed by atoms with Crippen LogP contribution in [0.5, 0.6) is 5.75 Å². The minimum absolute atomic E-state index is 0.145. The lowest BCUT2D eigenvalue weighted by atomic mass is 9.49. The highest BCUT2D eigenvalue weighted by atomic mass is 16.5. The van der Waals surface area contributed by atoms with E-state index < -0.39 is 11.2 Å². The van der Waals surface area contributed by atoms with Crippen molar-refractivity contribution in [2.75, 3.05) is 13.2 Å². The van der Waals surface area contributed by atoms with Crippen molar-refractivity contribution < 1.29 is 20.1 Å². The Hall–Kier alpha value is -1.88. The molecule has 31 heavy (non-hydrogen) atoms. The van der Waals surface area contributed by atoms with Crippen LogP contribution in [0.25, 0.3) is 0 Å². The molecule has 168 valence electrons. The first-order valence-electron chi connectivity index (χ1n) is 11.7. The number of rotatable bonds is 7. The molecule has 2 aromatic carbocycles. The Morgan fingerprint density at radius 3 is 2.55 bits per heavy atom. The van der Waals surface area contributed by atoms with Gasteiger partial charge in [-0.05, 0) is 86.6 Å². The Kier molecular flexibility index (Phi) is 6.17. The number of aryl methyl sites for hydroxylation is 1. The molecule has 1 saturated carbocycles. The fourth-order valence-corrected chi connectivity index (χ4v) is 6.20. The zero-order valence-electron chi connectivity index (χ0n) is 18.8. The topological polar surface area (TPSA) is 69.9 Å². The van der Waals surface area contributed by atoms with E-state index in [-0.39, 0.29) is 12.0 Å².